The summed E-state index contributed by atoms with van der Waals surface area (Å²) < 4.78 is 0. The summed E-state index contributed by atoms with van der Waals surface area (Å²) in [6.07, 6.45) is 4.30. The van der Waals surface area contributed by atoms with Crippen LogP contribution in [0.25, 0.3) is 0 Å². The molecule has 0 heterocycles. The van der Waals surface area contributed by atoms with Crippen LogP contribution in [0.3, 0.4) is 0 Å². The Kier molecular flexibility index (Phi) is 3.70. The zero-order valence-corrected chi connectivity index (χ0v) is 6.66. The quantitative estimate of drug-likeness (QED) is 0.647. The van der Waals surface area contributed by atoms with Crippen LogP contribution < -0.4 is 5.73 Å². The first-order chi connectivity index (χ1) is 5.43. The first-order valence-electron chi connectivity index (χ1n) is 3.99. The second-order valence-corrected chi connectivity index (χ2v) is 2.55. The molecule has 0 atom stereocenters. The summed E-state index contributed by atoms with van der Waals surface area (Å²) in [6, 6.07) is 10.5. The number of nitrogens with two attached hydrogens (primary N) is 1. The number of hydrogen-bond acceptors (Lipinski definition) is 1. The van der Waals surface area contributed by atoms with Crippen molar-refractivity contribution in [1.29, 1.82) is 0 Å². The maximum Gasteiger partial charge on any atom is -0.00456 e. The van der Waals surface area contributed by atoms with E-state index in [2.05, 4.69) is 30.7 Å². The van der Waals surface area contributed by atoms with Crippen molar-refractivity contribution < 1.29 is 0 Å². The molecule has 1 rings (SSSR count). The average molecular weight is 148 g/mol. The van der Waals surface area contributed by atoms with Crippen molar-refractivity contribution in [2.75, 3.05) is 6.54 Å². The summed E-state index contributed by atoms with van der Waals surface area (Å²) in [7, 11) is 0. The molecule has 0 fully saturated rings. The van der Waals surface area contributed by atoms with Crippen molar-refractivity contribution in [2.45, 2.75) is 12.8 Å². The first kappa shape index (κ1) is 8.28. The van der Waals surface area contributed by atoms with Crippen LogP contribution in [0.15, 0.2) is 30.3 Å². The lowest BCUT2D eigenvalue weighted by Crippen LogP contribution is -1.99. The van der Waals surface area contributed by atoms with Gasteiger partial charge in [0, 0.05) is 0 Å². The van der Waals surface area contributed by atoms with E-state index in [9.17, 15) is 0 Å². The summed E-state index contributed by atoms with van der Waals surface area (Å²) in [5.41, 5.74) is 6.72. The molecular formula is C10H14N. The van der Waals surface area contributed by atoms with E-state index < -0.39 is 0 Å². The first-order valence-corrected chi connectivity index (χ1v) is 3.99. The lowest BCUT2D eigenvalue weighted by molar-refractivity contribution is 0.897. The van der Waals surface area contributed by atoms with E-state index in [-0.39, 0.29) is 0 Å². The smallest absolute Gasteiger partial charge is 0.00456 e. The lowest BCUT2D eigenvalue weighted by atomic mass is 10.1. The Morgan fingerprint density at radius 2 is 1.91 bits per heavy atom. The van der Waals surface area contributed by atoms with E-state index in [4.69, 9.17) is 5.73 Å². The molecule has 1 nitrogen and oxygen atoms in total. The fourth-order valence-corrected chi connectivity index (χ4v) is 1.03. The number of aryl methyl sites for hydroxylation is 1. The molecule has 0 unspecified atom stereocenters. The third kappa shape index (κ3) is 3.19. The number of unbranched alkanes of at least 4 members (excludes halogenated alkanes) is 1. The average Bonchev–Trinajstić information content (AvgIpc) is 2.07. The predicted molar refractivity (Wildman–Crippen MR) is 48.1 cm³/mol. The Morgan fingerprint density at radius 1 is 1.18 bits per heavy atom. The van der Waals surface area contributed by atoms with Crippen LogP contribution in [-0.2, 0) is 6.42 Å². The van der Waals surface area contributed by atoms with Crippen LogP contribution in [0.1, 0.15) is 12.0 Å². The highest BCUT2D eigenvalue weighted by Crippen LogP contribution is 2.02. The fourth-order valence-electron chi connectivity index (χ4n) is 1.03. The highest BCUT2D eigenvalue weighted by Gasteiger charge is 1.89. The van der Waals surface area contributed by atoms with E-state index in [1.807, 2.05) is 6.07 Å². The van der Waals surface area contributed by atoms with Crippen molar-refractivity contribution in [3.63, 3.8) is 0 Å². The maximum atomic E-state index is 5.34. The van der Waals surface area contributed by atoms with Gasteiger partial charge in [-0.3, -0.25) is 0 Å². The Hall–Kier alpha value is -0.820. The minimum absolute atomic E-state index is 0.687. The third-order valence-electron chi connectivity index (χ3n) is 1.65. The number of rotatable bonds is 4. The van der Waals surface area contributed by atoms with Gasteiger partial charge in [0.15, 0.2) is 0 Å². The second-order valence-electron chi connectivity index (χ2n) is 2.55. The van der Waals surface area contributed by atoms with Gasteiger partial charge in [-0.05, 0) is 31.4 Å². The zero-order valence-electron chi connectivity index (χ0n) is 6.66. The third-order valence-corrected chi connectivity index (χ3v) is 1.65. The molecule has 11 heavy (non-hydrogen) atoms. The Morgan fingerprint density at radius 3 is 2.55 bits per heavy atom. The fraction of sp³-hybridized carbons (Fsp3) is 0.300. The Labute approximate surface area is 68.2 Å². The maximum absolute atomic E-state index is 5.34. The van der Waals surface area contributed by atoms with Gasteiger partial charge in [-0.15, -0.1) is 0 Å². The molecule has 1 aromatic rings. The molecule has 0 bridgehead atoms. The van der Waals surface area contributed by atoms with E-state index >= 15 is 0 Å². The van der Waals surface area contributed by atoms with Gasteiger partial charge in [0.25, 0.3) is 0 Å². The van der Waals surface area contributed by atoms with Gasteiger partial charge < -0.3 is 5.73 Å². The van der Waals surface area contributed by atoms with Crippen LogP contribution >= 0.6 is 0 Å². The van der Waals surface area contributed by atoms with E-state index in [0.29, 0.717) is 6.54 Å². The molecular weight excluding hydrogens is 134 g/mol. The van der Waals surface area contributed by atoms with Gasteiger partial charge in [0.05, 0.1) is 0 Å². The monoisotopic (exact) mass is 148 g/mol. The van der Waals surface area contributed by atoms with Crippen molar-refractivity contribution >= 4 is 0 Å². The van der Waals surface area contributed by atoms with Crippen LogP contribution in [0.4, 0.5) is 0 Å². The molecule has 0 spiro atoms. The van der Waals surface area contributed by atoms with Crippen LogP contribution in [-0.4, -0.2) is 6.54 Å². The van der Waals surface area contributed by atoms with Crippen LogP contribution in [0, 0.1) is 6.42 Å². The summed E-state index contributed by atoms with van der Waals surface area (Å²) >= 11 is 0. The summed E-state index contributed by atoms with van der Waals surface area (Å²) in [4.78, 5) is 0. The highest BCUT2D eigenvalue weighted by molar-refractivity contribution is 5.14. The minimum atomic E-state index is 0.687. The van der Waals surface area contributed by atoms with Crippen LogP contribution in [0.2, 0.25) is 0 Å². The molecule has 0 amide bonds. The van der Waals surface area contributed by atoms with Crippen molar-refractivity contribution in [3.05, 3.63) is 42.3 Å². The normalized spacial score (nSPS) is 9.91. The van der Waals surface area contributed by atoms with E-state index in [0.717, 1.165) is 12.8 Å². The summed E-state index contributed by atoms with van der Waals surface area (Å²) in [5, 5.41) is 0. The van der Waals surface area contributed by atoms with Gasteiger partial charge in [-0.2, -0.15) is 0 Å². The molecule has 0 aliphatic rings. The van der Waals surface area contributed by atoms with Gasteiger partial charge in [0.1, 0.15) is 0 Å². The van der Waals surface area contributed by atoms with Gasteiger partial charge >= 0.3 is 0 Å². The molecule has 0 aromatic heterocycles. The van der Waals surface area contributed by atoms with Crippen molar-refractivity contribution in [1.82, 2.24) is 0 Å². The standard InChI is InChI=1S/C10H14N/c11-9-5-4-8-10-6-2-1-3-7-10/h1-3,5-7H,4,8-9,11H2. The SMILES string of the molecule is NC[CH]CCc1ccccc1. The van der Waals surface area contributed by atoms with Gasteiger partial charge in [-0.1, -0.05) is 30.3 Å². The topological polar surface area (TPSA) is 26.0 Å². The molecule has 0 saturated carbocycles. The molecule has 1 radical (unpaired) electrons. The highest BCUT2D eigenvalue weighted by atomic mass is 14.5. The second kappa shape index (κ2) is 4.91. The molecule has 1 heteroatoms. The number of hydrogen-bond donors (Lipinski definition) is 1. The molecule has 0 aliphatic carbocycles. The van der Waals surface area contributed by atoms with Gasteiger partial charge in [0.2, 0.25) is 0 Å². The molecule has 0 saturated heterocycles. The largest absolute Gasteiger partial charge is 0.330 e. The van der Waals surface area contributed by atoms with E-state index in [1.165, 1.54) is 5.56 Å². The lowest BCUT2D eigenvalue weighted by Gasteiger charge is -1.97. The summed E-state index contributed by atoms with van der Waals surface area (Å²) in [6.45, 7) is 0.687. The molecule has 2 N–H and O–H groups in total. The van der Waals surface area contributed by atoms with Gasteiger partial charge in [-0.25, -0.2) is 0 Å². The molecule has 59 valence electrons. The zero-order chi connectivity index (χ0) is 7.94. The Bertz CT molecular complexity index is 181. The van der Waals surface area contributed by atoms with Crippen LogP contribution in [0.5, 0.6) is 0 Å². The summed E-state index contributed by atoms with van der Waals surface area (Å²) in [5.74, 6) is 0. The van der Waals surface area contributed by atoms with Crippen molar-refractivity contribution in [2.24, 2.45) is 5.73 Å². The van der Waals surface area contributed by atoms with Crippen molar-refractivity contribution in [3.8, 4) is 0 Å². The molecule has 0 aliphatic heterocycles. The number of benzene rings is 1. The molecule has 1 aromatic carbocycles. The Balaban J connectivity index is 2.28. The predicted octanol–water partition coefficient (Wildman–Crippen LogP) is 1.78. The van der Waals surface area contributed by atoms with E-state index in [1.54, 1.807) is 0 Å². The minimum Gasteiger partial charge on any atom is -0.330 e.